The summed E-state index contributed by atoms with van der Waals surface area (Å²) < 4.78 is 1.89. The van der Waals surface area contributed by atoms with Gasteiger partial charge < -0.3 is 0 Å². The van der Waals surface area contributed by atoms with Crippen LogP contribution in [0, 0.1) is 0 Å². The number of likely N-dealkylation sites (tertiary alicyclic amines) is 1. The number of carbonyl (C=O) groups excluding carboxylic acids is 1. The number of hydrogen-bond acceptors (Lipinski definition) is 3. The molecule has 0 radical (unpaired) electrons. The van der Waals surface area contributed by atoms with Crippen LogP contribution in [0.15, 0.2) is 42.7 Å². The monoisotopic (exact) mass is 255 g/mol. The van der Waals surface area contributed by atoms with Crippen LogP contribution in [0.2, 0.25) is 0 Å². The van der Waals surface area contributed by atoms with Crippen molar-refractivity contribution in [2.75, 3.05) is 13.1 Å². The highest BCUT2D eigenvalue weighted by Crippen LogP contribution is 2.12. The smallest absolute Gasteiger partial charge is 0.135 e. The van der Waals surface area contributed by atoms with Crippen molar-refractivity contribution in [3.63, 3.8) is 0 Å². The second-order valence-corrected chi connectivity index (χ2v) is 4.94. The van der Waals surface area contributed by atoms with Crippen molar-refractivity contribution in [3.8, 4) is 5.69 Å². The van der Waals surface area contributed by atoms with E-state index in [0.29, 0.717) is 18.6 Å². The second-order valence-electron chi connectivity index (χ2n) is 4.94. The fourth-order valence-electron chi connectivity index (χ4n) is 2.38. The minimum atomic E-state index is 0.385. The fraction of sp³-hybridized carbons (Fsp3) is 0.333. The molecular formula is C15H17N3O. The van der Waals surface area contributed by atoms with Crippen LogP contribution in [0.4, 0.5) is 0 Å². The number of rotatable bonds is 3. The summed E-state index contributed by atoms with van der Waals surface area (Å²) in [5, 5.41) is 4.39. The lowest BCUT2D eigenvalue weighted by atomic mass is 10.1. The highest BCUT2D eigenvalue weighted by molar-refractivity contribution is 5.79. The predicted molar refractivity (Wildman–Crippen MR) is 73.1 cm³/mol. The number of aromatic nitrogens is 2. The topological polar surface area (TPSA) is 38.1 Å². The number of para-hydroxylation sites is 1. The molecule has 1 aliphatic heterocycles. The van der Waals surface area contributed by atoms with Gasteiger partial charge in [-0.2, -0.15) is 5.10 Å². The third-order valence-corrected chi connectivity index (χ3v) is 3.48. The number of Topliss-reactive ketones (excluding diaryl/α,β-unsaturated/α-hetero) is 1. The molecule has 1 saturated heterocycles. The average molecular weight is 255 g/mol. The van der Waals surface area contributed by atoms with Crippen molar-refractivity contribution >= 4 is 5.78 Å². The molecule has 0 unspecified atom stereocenters. The first-order valence-corrected chi connectivity index (χ1v) is 6.64. The van der Waals surface area contributed by atoms with E-state index < -0.39 is 0 Å². The van der Waals surface area contributed by atoms with Crippen molar-refractivity contribution in [1.82, 2.24) is 14.7 Å². The summed E-state index contributed by atoms with van der Waals surface area (Å²) in [6, 6.07) is 10.1. The third kappa shape index (κ3) is 2.90. The highest BCUT2D eigenvalue weighted by Gasteiger charge is 2.16. The van der Waals surface area contributed by atoms with Crippen LogP contribution in [0.1, 0.15) is 18.4 Å². The number of nitrogens with zero attached hydrogens (tertiary/aromatic N) is 3. The Kier molecular flexibility index (Phi) is 3.42. The summed E-state index contributed by atoms with van der Waals surface area (Å²) in [5.41, 5.74) is 2.26. The molecule has 19 heavy (non-hydrogen) atoms. The van der Waals surface area contributed by atoms with E-state index >= 15 is 0 Å². The highest BCUT2D eigenvalue weighted by atomic mass is 16.1. The largest absolute Gasteiger partial charge is 0.300 e. The predicted octanol–water partition coefficient (Wildman–Crippen LogP) is 2.04. The van der Waals surface area contributed by atoms with E-state index in [9.17, 15) is 4.79 Å². The maximum Gasteiger partial charge on any atom is 0.135 e. The van der Waals surface area contributed by atoms with Crippen molar-refractivity contribution in [3.05, 3.63) is 48.3 Å². The van der Waals surface area contributed by atoms with Crippen LogP contribution in [-0.2, 0) is 11.3 Å². The first kappa shape index (κ1) is 12.1. The fourth-order valence-corrected chi connectivity index (χ4v) is 2.38. The lowest BCUT2D eigenvalue weighted by Crippen LogP contribution is -2.33. The van der Waals surface area contributed by atoms with Gasteiger partial charge in [0.15, 0.2) is 0 Å². The molecule has 2 heterocycles. The molecule has 4 heteroatoms. The molecule has 4 nitrogen and oxygen atoms in total. The zero-order chi connectivity index (χ0) is 13.1. The van der Waals surface area contributed by atoms with E-state index in [-0.39, 0.29) is 0 Å². The molecule has 0 N–H and O–H groups in total. The molecule has 98 valence electrons. The molecule has 0 bridgehead atoms. The lowest BCUT2D eigenvalue weighted by molar-refractivity contribution is -0.121. The summed E-state index contributed by atoms with van der Waals surface area (Å²) in [6.45, 7) is 2.62. The molecule has 2 aromatic rings. The van der Waals surface area contributed by atoms with Crippen LogP contribution >= 0.6 is 0 Å². The third-order valence-electron chi connectivity index (χ3n) is 3.48. The molecule has 0 spiro atoms. The summed E-state index contributed by atoms with van der Waals surface area (Å²) in [6.07, 6.45) is 5.34. The normalized spacial score (nSPS) is 16.7. The molecule has 0 atom stereocenters. The molecule has 1 aromatic heterocycles. The Morgan fingerprint density at radius 3 is 2.58 bits per heavy atom. The Balaban J connectivity index is 1.67. The van der Waals surface area contributed by atoms with Gasteiger partial charge in [-0.3, -0.25) is 9.69 Å². The minimum absolute atomic E-state index is 0.385. The molecule has 1 aliphatic rings. The van der Waals surface area contributed by atoms with Gasteiger partial charge in [0.25, 0.3) is 0 Å². The summed E-state index contributed by atoms with van der Waals surface area (Å²) >= 11 is 0. The van der Waals surface area contributed by atoms with Crippen molar-refractivity contribution in [1.29, 1.82) is 0 Å². The van der Waals surface area contributed by atoms with E-state index in [1.807, 2.05) is 41.2 Å². The van der Waals surface area contributed by atoms with Crippen LogP contribution in [0.5, 0.6) is 0 Å². The molecule has 0 saturated carbocycles. The molecule has 1 aromatic carbocycles. The standard InChI is InChI=1S/C15H17N3O/c19-15-6-8-17(9-7-15)11-13-10-16-18(12-13)14-4-2-1-3-5-14/h1-5,10,12H,6-9,11H2. The van der Waals surface area contributed by atoms with Crippen molar-refractivity contribution < 1.29 is 4.79 Å². The van der Waals surface area contributed by atoms with Gasteiger partial charge in [0.2, 0.25) is 0 Å². The van der Waals surface area contributed by atoms with Crippen molar-refractivity contribution in [2.45, 2.75) is 19.4 Å². The summed E-state index contributed by atoms with van der Waals surface area (Å²) in [5.74, 6) is 0.385. The number of benzene rings is 1. The maximum absolute atomic E-state index is 11.2. The zero-order valence-corrected chi connectivity index (χ0v) is 10.8. The van der Waals surface area contributed by atoms with Gasteiger partial charge in [-0.15, -0.1) is 0 Å². The van der Waals surface area contributed by atoms with Gasteiger partial charge in [-0.25, -0.2) is 4.68 Å². The second kappa shape index (κ2) is 5.36. The maximum atomic E-state index is 11.2. The quantitative estimate of drug-likeness (QED) is 0.842. The van der Waals surface area contributed by atoms with E-state index in [4.69, 9.17) is 0 Å². The van der Waals surface area contributed by atoms with E-state index in [1.54, 1.807) is 0 Å². The first-order valence-electron chi connectivity index (χ1n) is 6.64. The molecule has 0 aliphatic carbocycles. The number of piperidine rings is 1. The average Bonchev–Trinajstić information content (AvgIpc) is 2.91. The Bertz CT molecular complexity index is 552. The van der Waals surface area contributed by atoms with Crippen LogP contribution < -0.4 is 0 Å². The number of carbonyl (C=O) groups is 1. The SMILES string of the molecule is O=C1CCN(Cc2cnn(-c3ccccc3)c2)CC1. The van der Waals surface area contributed by atoms with Crippen LogP contribution in [0.3, 0.4) is 0 Å². The zero-order valence-electron chi connectivity index (χ0n) is 10.8. The van der Waals surface area contributed by atoms with Gasteiger partial charge in [0, 0.05) is 44.2 Å². The van der Waals surface area contributed by atoms with Crippen molar-refractivity contribution in [2.24, 2.45) is 0 Å². The molecule has 0 amide bonds. The molecular weight excluding hydrogens is 238 g/mol. The van der Waals surface area contributed by atoms with Gasteiger partial charge in [-0.05, 0) is 12.1 Å². The summed E-state index contributed by atoms with van der Waals surface area (Å²) in [4.78, 5) is 13.5. The van der Waals surface area contributed by atoms with Gasteiger partial charge in [0.05, 0.1) is 11.9 Å². The summed E-state index contributed by atoms with van der Waals surface area (Å²) in [7, 11) is 0. The molecule has 1 fully saturated rings. The Morgan fingerprint density at radius 2 is 1.84 bits per heavy atom. The first-order chi connectivity index (χ1) is 9.31. The number of ketones is 1. The minimum Gasteiger partial charge on any atom is -0.300 e. The van der Waals surface area contributed by atoms with Gasteiger partial charge >= 0.3 is 0 Å². The van der Waals surface area contributed by atoms with E-state index in [1.165, 1.54) is 5.56 Å². The van der Waals surface area contributed by atoms with Crippen LogP contribution in [0.25, 0.3) is 5.69 Å². The number of hydrogen-bond donors (Lipinski definition) is 0. The lowest BCUT2D eigenvalue weighted by Gasteiger charge is -2.24. The van der Waals surface area contributed by atoms with Gasteiger partial charge in [0.1, 0.15) is 5.78 Å². The van der Waals surface area contributed by atoms with Crippen LogP contribution in [-0.4, -0.2) is 33.6 Å². The van der Waals surface area contributed by atoms with E-state index in [0.717, 1.165) is 25.3 Å². The Hall–Kier alpha value is -1.94. The van der Waals surface area contributed by atoms with E-state index in [2.05, 4.69) is 16.2 Å². The Morgan fingerprint density at radius 1 is 1.11 bits per heavy atom. The Labute approximate surface area is 112 Å². The molecule has 3 rings (SSSR count). The van der Waals surface area contributed by atoms with Gasteiger partial charge in [-0.1, -0.05) is 18.2 Å².